The predicted molar refractivity (Wildman–Crippen MR) is 140 cm³/mol. The monoisotopic (exact) mass is 521 g/mol. The van der Waals surface area contributed by atoms with E-state index < -0.39 is 18.1 Å². The van der Waals surface area contributed by atoms with Crippen molar-refractivity contribution in [1.82, 2.24) is 15.1 Å². The summed E-state index contributed by atoms with van der Waals surface area (Å²) in [4.78, 5) is 0. The highest BCUT2D eigenvalue weighted by Gasteiger charge is 2.54. The number of rotatable bonds is 4. The lowest BCUT2D eigenvalue weighted by Crippen LogP contribution is -2.53. The van der Waals surface area contributed by atoms with Crippen molar-refractivity contribution in [2.24, 2.45) is 17.3 Å². The van der Waals surface area contributed by atoms with Crippen molar-refractivity contribution in [2.75, 3.05) is 0 Å². The smallest absolute Gasteiger partial charge is 0.309 e. The molecule has 0 bridgehead atoms. The molecule has 1 aromatic heterocycles. The maximum absolute atomic E-state index is 14.2. The van der Waals surface area contributed by atoms with E-state index in [0.29, 0.717) is 19.4 Å². The van der Waals surface area contributed by atoms with Gasteiger partial charge in [0.15, 0.2) is 0 Å². The average Bonchev–Trinajstić information content (AvgIpc) is 3.27. The van der Waals surface area contributed by atoms with Crippen LogP contribution in [0.4, 0.5) is 17.6 Å². The number of alkyl halides is 3. The van der Waals surface area contributed by atoms with Crippen LogP contribution in [0.2, 0.25) is 0 Å². The molecule has 1 unspecified atom stereocenters. The van der Waals surface area contributed by atoms with Crippen LogP contribution in [0.15, 0.2) is 72.0 Å². The van der Waals surface area contributed by atoms with Crippen molar-refractivity contribution in [2.45, 2.75) is 58.3 Å². The minimum absolute atomic E-state index is 0.00855. The van der Waals surface area contributed by atoms with Gasteiger partial charge in [-0.3, -0.25) is 0 Å². The SMILES string of the molecule is Cc1cccc(CN[C@@H]2C3CCC4=Cc5c(cnn5-c5ccc(F)cc5)C[C@]4(C)C3=CC[C@H]2C(F)(F)F)c1. The highest BCUT2D eigenvalue weighted by atomic mass is 19.4. The number of benzene rings is 2. The molecule has 2 aromatic carbocycles. The lowest BCUT2D eigenvalue weighted by molar-refractivity contribution is -0.187. The first-order valence-electron chi connectivity index (χ1n) is 13.2. The van der Waals surface area contributed by atoms with Crippen LogP contribution < -0.4 is 5.32 Å². The van der Waals surface area contributed by atoms with E-state index in [4.69, 9.17) is 0 Å². The van der Waals surface area contributed by atoms with Gasteiger partial charge in [0.05, 0.1) is 23.5 Å². The highest BCUT2D eigenvalue weighted by molar-refractivity contribution is 5.63. The Kier molecular flexibility index (Phi) is 6.10. The van der Waals surface area contributed by atoms with Crippen molar-refractivity contribution >= 4 is 6.08 Å². The van der Waals surface area contributed by atoms with E-state index in [0.717, 1.165) is 40.1 Å². The van der Waals surface area contributed by atoms with Crippen LogP contribution >= 0.6 is 0 Å². The number of aryl methyl sites for hydroxylation is 1. The average molecular weight is 522 g/mol. The first kappa shape index (κ1) is 25.1. The summed E-state index contributed by atoms with van der Waals surface area (Å²) in [5, 5.41) is 7.94. The summed E-state index contributed by atoms with van der Waals surface area (Å²) in [6, 6.07) is 13.5. The summed E-state index contributed by atoms with van der Waals surface area (Å²) >= 11 is 0. The Labute approximate surface area is 220 Å². The molecule has 3 aliphatic carbocycles. The number of allylic oxidation sites excluding steroid dienone is 2. The fourth-order valence-corrected chi connectivity index (χ4v) is 6.91. The Bertz CT molecular complexity index is 1420. The van der Waals surface area contributed by atoms with Gasteiger partial charge >= 0.3 is 6.18 Å². The van der Waals surface area contributed by atoms with E-state index in [1.165, 1.54) is 17.7 Å². The van der Waals surface area contributed by atoms with E-state index in [1.54, 1.807) is 12.1 Å². The van der Waals surface area contributed by atoms with Crippen LogP contribution in [-0.4, -0.2) is 22.0 Å². The molecule has 3 nitrogen and oxygen atoms in total. The molecule has 198 valence electrons. The minimum Gasteiger partial charge on any atom is -0.309 e. The zero-order valence-electron chi connectivity index (χ0n) is 21.5. The van der Waals surface area contributed by atoms with Crippen molar-refractivity contribution in [3.63, 3.8) is 0 Å². The number of nitrogens with one attached hydrogen (secondary N) is 1. The predicted octanol–water partition coefficient (Wildman–Crippen LogP) is 7.34. The van der Waals surface area contributed by atoms with E-state index in [9.17, 15) is 17.6 Å². The standard InChI is InChI=1S/C31H31F4N3/c1-19-4-3-5-20(14-19)17-36-29-25-11-6-22-15-28-21(18-37-38(28)24-9-7-23(32)8-10-24)16-30(22,2)26(25)12-13-27(29)31(33,34)35/h3-5,7-10,12,14-15,18,25,27,29,36H,6,11,13,16-17H2,1-2H3/t25?,27-,29-,30+/m1/s1. The summed E-state index contributed by atoms with van der Waals surface area (Å²) in [7, 11) is 0. The maximum Gasteiger partial charge on any atom is 0.393 e. The molecule has 1 N–H and O–H groups in total. The van der Waals surface area contributed by atoms with E-state index in [-0.39, 0.29) is 23.6 Å². The molecule has 1 fully saturated rings. The molecule has 1 saturated carbocycles. The van der Waals surface area contributed by atoms with E-state index in [2.05, 4.69) is 23.4 Å². The summed E-state index contributed by atoms with van der Waals surface area (Å²) in [5.41, 5.74) is 6.93. The molecule has 4 atom stereocenters. The quantitative estimate of drug-likeness (QED) is 0.288. The molecule has 0 saturated heterocycles. The second-order valence-corrected chi connectivity index (χ2v) is 11.2. The zero-order valence-corrected chi connectivity index (χ0v) is 21.5. The molecule has 3 aromatic rings. The summed E-state index contributed by atoms with van der Waals surface area (Å²) in [6.07, 6.45) is 3.72. The maximum atomic E-state index is 14.2. The van der Waals surface area contributed by atoms with Gasteiger partial charge in [-0.25, -0.2) is 9.07 Å². The highest BCUT2D eigenvalue weighted by Crippen LogP contribution is 2.57. The van der Waals surface area contributed by atoms with Gasteiger partial charge in [0.1, 0.15) is 5.82 Å². The zero-order chi connectivity index (χ0) is 26.7. The summed E-state index contributed by atoms with van der Waals surface area (Å²) < 4.78 is 58.0. The van der Waals surface area contributed by atoms with Crippen LogP contribution in [0.3, 0.4) is 0 Å². The van der Waals surface area contributed by atoms with Gasteiger partial charge in [0, 0.05) is 18.0 Å². The topological polar surface area (TPSA) is 29.9 Å². The summed E-state index contributed by atoms with van der Waals surface area (Å²) in [6.45, 7) is 4.59. The Morgan fingerprint density at radius 1 is 1.13 bits per heavy atom. The normalized spacial score (nSPS) is 26.6. The first-order valence-corrected chi connectivity index (χ1v) is 13.2. The Morgan fingerprint density at radius 2 is 1.92 bits per heavy atom. The number of halogens is 4. The number of nitrogens with zero attached hydrogens (tertiary/aromatic N) is 2. The molecule has 0 amide bonds. The van der Waals surface area contributed by atoms with Crippen LogP contribution in [0.25, 0.3) is 11.8 Å². The van der Waals surface area contributed by atoms with Gasteiger partial charge < -0.3 is 5.32 Å². The van der Waals surface area contributed by atoms with Gasteiger partial charge in [-0.15, -0.1) is 0 Å². The van der Waals surface area contributed by atoms with Gasteiger partial charge in [0.25, 0.3) is 0 Å². The largest absolute Gasteiger partial charge is 0.393 e. The summed E-state index contributed by atoms with van der Waals surface area (Å²) in [5.74, 6) is -1.89. The van der Waals surface area contributed by atoms with Crippen LogP contribution in [0.1, 0.15) is 48.6 Å². The van der Waals surface area contributed by atoms with Gasteiger partial charge in [0.2, 0.25) is 0 Å². The third kappa shape index (κ3) is 4.31. The Balaban J connectivity index is 1.32. The van der Waals surface area contributed by atoms with Crippen molar-refractivity contribution in [1.29, 1.82) is 0 Å². The molecule has 6 rings (SSSR count). The molecular formula is C31H31F4N3. The second kappa shape index (κ2) is 9.23. The minimum atomic E-state index is -4.26. The van der Waals surface area contributed by atoms with Crippen LogP contribution in [-0.2, 0) is 13.0 Å². The molecule has 0 spiro atoms. The third-order valence-electron chi connectivity index (χ3n) is 8.79. The molecule has 38 heavy (non-hydrogen) atoms. The van der Waals surface area contributed by atoms with Gasteiger partial charge in [-0.05, 0) is 80.0 Å². The first-order chi connectivity index (χ1) is 18.1. The lowest BCUT2D eigenvalue weighted by Gasteiger charge is -2.51. The number of hydrogen-bond donors (Lipinski definition) is 1. The van der Waals surface area contributed by atoms with Crippen molar-refractivity contribution in [3.8, 4) is 5.69 Å². The van der Waals surface area contributed by atoms with Gasteiger partial charge in [-0.1, -0.05) is 54.0 Å². The number of aromatic nitrogens is 2. The van der Waals surface area contributed by atoms with E-state index >= 15 is 0 Å². The Morgan fingerprint density at radius 3 is 2.66 bits per heavy atom. The van der Waals surface area contributed by atoms with Crippen molar-refractivity contribution in [3.05, 3.63) is 100 Å². The third-order valence-corrected chi connectivity index (χ3v) is 8.79. The molecular weight excluding hydrogens is 490 g/mol. The van der Waals surface area contributed by atoms with Crippen molar-refractivity contribution < 1.29 is 17.6 Å². The molecule has 0 radical (unpaired) electrons. The fraction of sp³-hybridized carbons (Fsp3) is 0.387. The Hall–Kier alpha value is -3.19. The molecule has 7 heteroatoms. The van der Waals surface area contributed by atoms with Gasteiger partial charge in [-0.2, -0.15) is 18.3 Å². The molecule has 0 aliphatic heterocycles. The van der Waals surface area contributed by atoms with Crippen LogP contribution in [0, 0.1) is 30.0 Å². The lowest BCUT2D eigenvalue weighted by atomic mass is 9.55. The molecule has 1 heterocycles. The fourth-order valence-electron chi connectivity index (χ4n) is 6.91. The van der Waals surface area contributed by atoms with E-state index in [1.807, 2.05) is 48.1 Å². The number of hydrogen-bond acceptors (Lipinski definition) is 2. The number of fused-ring (bicyclic) bond motifs is 4. The van der Waals surface area contributed by atoms with Crippen LogP contribution in [0.5, 0.6) is 0 Å². The molecule has 3 aliphatic rings. The second-order valence-electron chi connectivity index (χ2n) is 11.2.